The smallest absolute Gasteiger partial charge is 0.255 e. The monoisotopic (exact) mass is 498 g/mol. The number of anilines is 2. The lowest BCUT2D eigenvalue weighted by Gasteiger charge is -2.18. The predicted octanol–water partition coefficient (Wildman–Crippen LogP) is 5.81. The Bertz CT molecular complexity index is 1190. The average molecular weight is 499 g/mol. The van der Waals surface area contributed by atoms with Gasteiger partial charge in [0.05, 0.1) is 31.2 Å². The Kier molecular flexibility index (Phi) is 9.62. The second-order valence-corrected chi connectivity index (χ2v) is 7.61. The molecule has 2 N–H and O–H groups in total. The number of carbonyl (C=O) groups excluding carboxylic acids is 2. The van der Waals surface area contributed by atoms with E-state index in [0.29, 0.717) is 48.1 Å². The highest BCUT2D eigenvalue weighted by molar-refractivity contribution is 6.05. The van der Waals surface area contributed by atoms with Gasteiger partial charge in [-0.25, -0.2) is 8.78 Å². The lowest BCUT2D eigenvalue weighted by atomic mass is 10.2. The Hall–Kier alpha value is -4.14. The molecule has 0 aliphatic rings. The predicted molar refractivity (Wildman–Crippen MR) is 133 cm³/mol. The SMILES string of the molecule is CCOc1cc(NC(=O)c2ccccc2)c(OCC)cc1NC(=O)CCCOc1ccc(F)cc1F. The van der Waals surface area contributed by atoms with E-state index in [1.54, 1.807) is 43.3 Å². The van der Waals surface area contributed by atoms with E-state index in [9.17, 15) is 18.4 Å². The molecule has 0 saturated carbocycles. The summed E-state index contributed by atoms with van der Waals surface area (Å²) >= 11 is 0. The summed E-state index contributed by atoms with van der Waals surface area (Å²) in [5.41, 5.74) is 1.27. The van der Waals surface area contributed by atoms with Crippen LogP contribution in [0.3, 0.4) is 0 Å². The van der Waals surface area contributed by atoms with Crippen LogP contribution >= 0.6 is 0 Å². The van der Waals surface area contributed by atoms with E-state index >= 15 is 0 Å². The average Bonchev–Trinajstić information content (AvgIpc) is 2.86. The maximum absolute atomic E-state index is 13.7. The maximum atomic E-state index is 13.7. The van der Waals surface area contributed by atoms with Gasteiger partial charge in [0.15, 0.2) is 11.6 Å². The minimum absolute atomic E-state index is 0.0724. The minimum atomic E-state index is -0.802. The Balaban J connectivity index is 1.67. The molecule has 0 atom stereocenters. The summed E-state index contributed by atoms with van der Waals surface area (Å²) in [6.07, 6.45) is 0.390. The van der Waals surface area contributed by atoms with Crippen LogP contribution in [0.4, 0.5) is 20.2 Å². The van der Waals surface area contributed by atoms with Crippen LogP contribution in [0.25, 0.3) is 0 Å². The molecule has 2 amide bonds. The lowest BCUT2D eigenvalue weighted by Crippen LogP contribution is -2.16. The number of halogens is 2. The van der Waals surface area contributed by atoms with Crippen molar-refractivity contribution in [2.24, 2.45) is 0 Å². The molecule has 3 aromatic rings. The summed E-state index contributed by atoms with van der Waals surface area (Å²) < 4.78 is 43.3. The van der Waals surface area contributed by atoms with Crippen molar-refractivity contribution in [2.75, 3.05) is 30.5 Å². The van der Waals surface area contributed by atoms with Crippen LogP contribution in [0.1, 0.15) is 37.0 Å². The van der Waals surface area contributed by atoms with Crippen LogP contribution in [-0.4, -0.2) is 31.6 Å². The van der Waals surface area contributed by atoms with E-state index in [4.69, 9.17) is 14.2 Å². The number of nitrogens with one attached hydrogen (secondary N) is 2. The second kappa shape index (κ2) is 13.1. The molecule has 7 nitrogen and oxygen atoms in total. The molecule has 0 fully saturated rings. The van der Waals surface area contributed by atoms with Gasteiger partial charge in [0.2, 0.25) is 5.91 Å². The van der Waals surface area contributed by atoms with Crippen molar-refractivity contribution in [3.05, 3.63) is 77.9 Å². The molecule has 0 aliphatic heterocycles. The van der Waals surface area contributed by atoms with Crippen LogP contribution in [0.2, 0.25) is 0 Å². The van der Waals surface area contributed by atoms with Crippen molar-refractivity contribution in [1.29, 1.82) is 0 Å². The maximum Gasteiger partial charge on any atom is 0.255 e. The van der Waals surface area contributed by atoms with Gasteiger partial charge in [0.1, 0.15) is 17.3 Å². The molecule has 36 heavy (non-hydrogen) atoms. The number of amides is 2. The van der Waals surface area contributed by atoms with E-state index in [1.165, 1.54) is 6.07 Å². The van der Waals surface area contributed by atoms with Crippen molar-refractivity contribution in [3.63, 3.8) is 0 Å². The molecular formula is C27H28F2N2O5. The second-order valence-electron chi connectivity index (χ2n) is 7.61. The van der Waals surface area contributed by atoms with E-state index in [1.807, 2.05) is 13.0 Å². The van der Waals surface area contributed by atoms with Crippen molar-refractivity contribution in [3.8, 4) is 17.2 Å². The third-order valence-corrected chi connectivity index (χ3v) is 4.94. The highest BCUT2D eigenvalue weighted by Crippen LogP contribution is 2.37. The van der Waals surface area contributed by atoms with Crippen LogP contribution in [0.5, 0.6) is 17.2 Å². The number of benzene rings is 3. The van der Waals surface area contributed by atoms with Crippen LogP contribution in [0.15, 0.2) is 60.7 Å². The molecule has 3 rings (SSSR count). The van der Waals surface area contributed by atoms with E-state index < -0.39 is 11.6 Å². The summed E-state index contributed by atoms with van der Waals surface area (Å²) in [6.45, 7) is 4.35. The Morgan fingerprint density at radius 3 is 2.03 bits per heavy atom. The number of rotatable bonds is 12. The topological polar surface area (TPSA) is 85.9 Å². The summed E-state index contributed by atoms with van der Waals surface area (Å²) in [7, 11) is 0. The molecule has 0 unspecified atom stereocenters. The van der Waals surface area contributed by atoms with Crippen molar-refractivity contribution >= 4 is 23.2 Å². The first-order valence-corrected chi connectivity index (χ1v) is 11.6. The number of hydrogen-bond acceptors (Lipinski definition) is 5. The molecule has 0 radical (unpaired) electrons. The third kappa shape index (κ3) is 7.43. The van der Waals surface area contributed by atoms with Gasteiger partial charge in [-0.05, 0) is 44.5 Å². The molecule has 0 saturated heterocycles. The van der Waals surface area contributed by atoms with E-state index in [0.717, 1.165) is 12.1 Å². The molecule has 9 heteroatoms. The first-order chi connectivity index (χ1) is 17.4. The lowest BCUT2D eigenvalue weighted by molar-refractivity contribution is -0.116. The van der Waals surface area contributed by atoms with Gasteiger partial charge in [-0.15, -0.1) is 0 Å². The molecular weight excluding hydrogens is 470 g/mol. The summed E-state index contributed by atoms with van der Waals surface area (Å²) in [5, 5.41) is 5.62. The van der Waals surface area contributed by atoms with Crippen molar-refractivity contribution in [2.45, 2.75) is 26.7 Å². The normalized spacial score (nSPS) is 10.4. The highest BCUT2D eigenvalue weighted by atomic mass is 19.1. The Morgan fingerprint density at radius 2 is 1.42 bits per heavy atom. The minimum Gasteiger partial charge on any atom is -0.492 e. The van der Waals surface area contributed by atoms with Gasteiger partial charge in [-0.2, -0.15) is 0 Å². The fraction of sp³-hybridized carbons (Fsp3) is 0.259. The van der Waals surface area contributed by atoms with E-state index in [2.05, 4.69) is 10.6 Å². The summed E-state index contributed by atoms with van der Waals surface area (Å²) in [5.74, 6) is -1.47. The van der Waals surface area contributed by atoms with Gasteiger partial charge < -0.3 is 24.8 Å². The zero-order chi connectivity index (χ0) is 25.9. The highest BCUT2D eigenvalue weighted by Gasteiger charge is 2.17. The molecule has 0 heterocycles. The third-order valence-electron chi connectivity index (χ3n) is 4.94. The fourth-order valence-corrected chi connectivity index (χ4v) is 3.31. The Morgan fingerprint density at radius 1 is 0.778 bits per heavy atom. The first kappa shape index (κ1) is 26.5. The molecule has 0 aromatic heterocycles. The number of carbonyl (C=O) groups is 2. The van der Waals surface area contributed by atoms with Crippen LogP contribution in [-0.2, 0) is 4.79 Å². The summed E-state index contributed by atoms with van der Waals surface area (Å²) in [6, 6.07) is 15.0. The molecule has 190 valence electrons. The molecule has 0 spiro atoms. The molecule has 3 aromatic carbocycles. The number of ether oxygens (including phenoxy) is 3. The standard InChI is InChI=1S/C27H28F2N2O5/c1-3-34-24-17-22(31-27(33)18-9-6-5-7-10-18)25(35-4-2)16-21(24)30-26(32)11-8-14-36-23-13-12-19(28)15-20(23)29/h5-7,9-10,12-13,15-17H,3-4,8,11,14H2,1-2H3,(H,30,32)(H,31,33). The summed E-state index contributed by atoms with van der Waals surface area (Å²) in [4.78, 5) is 25.2. The van der Waals surface area contributed by atoms with Gasteiger partial charge in [-0.3, -0.25) is 9.59 Å². The fourth-order valence-electron chi connectivity index (χ4n) is 3.31. The zero-order valence-corrected chi connectivity index (χ0v) is 20.1. The van der Waals surface area contributed by atoms with Crippen LogP contribution < -0.4 is 24.8 Å². The molecule has 0 bridgehead atoms. The molecule has 0 aliphatic carbocycles. The first-order valence-electron chi connectivity index (χ1n) is 11.6. The van der Waals surface area contributed by atoms with Gasteiger partial charge in [0, 0.05) is 30.2 Å². The Labute approximate surface area is 208 Å². The van der Waals surface area contributed by atoms with Gasteiger partial charge >= 0.3 is 0 Å². The van der Waals surface area contributed by atoms with E-state index in [-0.39, 0.29) is 30.6 Å². The van der Waals surface area contributed by atoms with Gasteiger partial charge in [0.25, 0.3) is 5.91 Å². The van der Waals surface area contributed by atoms with Crippen molar-refractivity contribution in [1.82, 2.24) is 0 Å². The quantitative estimate of drug-likeness (QED) is 0.308. The zero-order valence-electron chi connectivity index (χ0n) is 20.1. The van der Waals surface area contributed by atoms with Crippen LogP contribution in [0, 0.1) is 11.6 Å². The van der Waals surface area contributed by atoms with Gasteiger partial charge in [-0.1, -0.05) is 18.2 Å². The van der Waals surface area contributed by atoms with Crippen molar-refractivity contribution < 1.29 is 32.6 Å². The largest absolute Gasteiger partial charge is 0.492 e. The number of hydrogen-bond donors (Lipinski definition) is 2.